The van der Waals surface area contributed by atoms with Crippen LogP contribution >= 0.6 is 0 Å². The fourth-order valence-corrected chi connectivity index (χ4v) is 2.23. The number of aromatic nitrogens is 1. The Bertz CT molecular complexity index is 960. The summed E-state index contributed by atoms with van der Waals surface area (Å²) in [6.07, 6.45) is 1.73. The topological polar surface area (TPSA) is 51.2 Å². The number of benzene rings is 2. The second-order valence-corrected chi connectivity index (χ2v) is 5.19. The van der Waals surface area contributed by atoms with Crippen molar-refractivity contribution in [1.29, 1.82) is 0 Å². The van der Waals surface area contributed by atoms with Crippen molar-refractivity contribution in [2.75, 3.05) is 13.2 Å². The van der Waals surface area contributed by atoms with Crippen LogP contribution in [0.25, 0.3) is 10.9 Å². The Kier molecular flexibility index (Phi) is 5.22. The number of carbonyl (C=O) groups is 1. The van der Waals surface area contributed by atoms with E-state index in [1.165, 1.54) is 18.2 Å². The van der Waals surface area contributed by atoms with E-state index in [2.05, 4.69) is 22.1 Å². The average Bonchev–Trinajstić information content (AvgIpc) is 2.64. The minimum absolute atomic E-state index is 0.165. The largest absolute Gasteiger partial charge is 0.481 e. The first kappa shape index (κ1) is 16.5. The van der Waals surface area contributed by atoms with E-state index in [0.29, 0.717) is 5.75 Å². The average molecular weight is 334 g/mol. The van der Waals surface area contributed by atoms with Gasteiger partial charge in [0.05, 0.1) is 12.1 Å². The minimum Gasteiger partial charge on any atom is -0.481 e. The number of nitrogens with zero attached hydrogens (tertiary/aromatic N) is 1. The lowest BCUT2D eigenvalue weighted by Gasteiger charge is -2.03. The lowest BCUT2D eigenvalue weighted by molar-refractivity contribution is 0.0958. The number of nitrogens with one attached hydrogen (secondary N) is 1. The number of pyridine rings is 1. The maximum Gasteiger partial charge on any atom is 0.252 e. The zero-order chi connectivity index (χ0) is 17.5. The zero-order valence-corrected chi connectivity index (χ0v) is 13.3. The van der Waals surface area contributed by atoms with Crippen LogP contribution in [0.15, 0.2) is 60.8 Å². The minimum atomic E-state index is -0.447. The quantitative estimate of drug-likeness (QED) is 0.746. The highest BCUT2D eigenvalue weighted by Crippen LogP contribution is 2.18. The van der Waals surface area contributed by atoms with Crippen LogP contribution in [0.2, 0.25) is 0 Å². The molecule has 3 aromatic rings. The van der Waals surface area contributed by atoms with Gasteiger partial charge in [-0.25, -0.2) is 4.39 Å². The van der Waals surface area contributed by atoms with Crippen LogP contribution in [-0.2, 0) is 0 Å². The summed E-state index contributed by atoms with van der Waals surface area (Å²) in [5, 5.41) is 3.65. The molecule has 25 heavy (non-hydrogen) atoms. The third kappa shape index (κ3) is 4.55. The number of hydrogen-bond donors (Lipinski definition) is 1. The molecule has 0 aliphatic heterocycles. The molecule has 2 aromatic carbocycles. The highest BCUT2D eigenvalue weighted by Gasteiger charge is 2.04. The molecular formula is C20H15FN2O2. The SMILES string of the molecule is O=C(NCC#CCOc1ccc2cccnc2c1)c1cccc(F)c1. The number of carbonyl (C=O) groups excluding carboxylic acids is 1. The smallest absolute Gasteiger partial charge is 0.252 e. The van der Waals surface area contributed by atoms with Gasteiger partial charge in [-0.3, -0.25) is 9.78 Å². The van der Waals surface area contributed by atoms with Crippen LogP contribution in [0.4, 0.5) is 4.39 Å². The fraction of sp³-hybridized carbons (Fsp3) is 0.100. The molecule has 1 heterocycles. The summed E-state index contributed by atoms with van der Waals surface area (Å²) < 4.78 is 18.6. The Morgan fingerprint density at radius 3 is 2.92 bits per heavy atom. The van der Waals surface area contributed by atoms with E-state index in [4.69, 9.17) is 4.74 Å². The summed E-state index contributed by atoms with van der Waals surface area (Å²) >= 11 is 0. The third-order valence-electron chi connectivity index (χ3n) is 3.44. The van der Waals surface area contributed by atoms with Gasteiger partial charge < -0.3 is 10.1 Å². The van der Waals surface area contributed by atoms with Crippen LogP contribution in [0.5, 0.6) is 5.75 Å². The van der Waals surface area contributed by atoms with Crippen LogP contribution in [0, 0.1) is 17.7 Å². The molecule has 1 amide bonds. The molecule has 5 heteroatoms. The Morgan fingerprint density at radius 1 is 1.12 bits per heavy atom. The number of ether oxygens (including phenoxy) is 1. The summed E-state index contributed by atoms with van der Waals surface area (Å²) in [5.74, 6) is 5.48. The van der Waals surface area contributed by atoms with Crippen molar-refractivity contribution < 1.29 is 13.9 Å². The highest BCUT2D eigenvalue weighted by atomic mass is 19.1. The van der Waals surface area contributed by atoms with Crippen molar-refractivity contribution in [2.24, 2.45) is 0 Å². The molecule has 0 aliphatic rings. The van der Waals surface area contributed by atoms with Crippen molar-refractivity contribution in [3.63, 3.8) is 0 Å². The maximum atomic E-state index is 13.0. The molecule has 1 aromatic heterocycles. The Morgan fingerprint density at radius 2 is 2.04 bits per heavy atom. The van der Waals surface area contributed by atoms with Gasteiger partial charge in [-0.1, -0.05) is 24.0 Å². The normalized spacial score (nSPS) is 9.96. The zero-order valence-electron chi connectivity index (χ0n) is 13.3. The van der Waals surface area contributed by atoms with Crippen LogP contribution in [0.3, 0.4) is 0 Å². The molecule has 0 saturated heterocycles. The van der Waals surface area contributed by atoms with Gasteiger partial charge in [-0.05, 0) is 36.4 Å². The monoisotopic (exact) mass is 334 g/mol. The van der Waals surface area contributed by atoms with Crippen LogP contribution in [-0.4, -0.2) is 24.0 Å². The van der Waals surface area contributed by atoms with Crippen molar-refractivity contribution in [3.05, 3.63) is 72.2 Å². The van der Waals surface area contributed by atoms with E-state index in [9.17, 15) is 9.18 Å². The van der Waals surface area contributed by atoms with Crippen LogP contribution < -0.4 is 10.1 Å². The number of hydrogen-bond acceptors (Lipinski definition) is 3. The van der Waals surface area contributed by atoms with Gasteiger partial charge in [0, 0.05) is 23.2 Å². The highest BCUT2D eigenvalue weighted by molar-refractivity contribution is 5.94. The molecule has 1 N–H and O–H groups in total. The van der Waals surface area contributed by atoms with E-state index in [0.717, 1.165) is 10.9 Å². The Labute approximate surface area is 144 Å². The standard InChI is InChI=1S/C20H15FN2O2/c21-17-7-3-5-16(13-17)20(24)23-10-1-2-12-25-18-9-8-15-6-4-11-22-19(15)14-18/h3-9,11,13-14H,10,12H2,(H,23,24). The first-order valence-electron chi connectivity index (χ1n) is 7.69. The van der Waals surface area contributed by atoms with Gasteiger partial charge in [0.1, 0.15) is 18.2 Å². The molecule has 0 spiro atoms. The lowest BCUT2D eigenvalue weighted by atomic mass is 10.2. The molecule has 0 radical (unpaired) electrons. The van der Waals surface area contributed by atoms with Crippen LogP contribution in [0.1, 0.15) is 10.4 Å². The summed E-state index contributed by atoms with van der Waals surface area (Å²) in [7, 11) is 0. The van der Waals surface area contributed by atoms with Crippen molar-refractivity contribution >= 4 is 16.8 Å². The molecule has 0 aliphatic carbocycles. The van der Waals surface area contributed by atoms with Gasteiger partial charge >= 0.3 is 0 Å². The number of fused-ring (bicyclic) bond motifs is 1. The number of rotatable bonds is 4. The Balaban J connectivity index is 1.47. The van der Waals surface area contributed by atoms with E-state index < -0.39 is 5.82 Å². The first-order chi connectivity index (χ1) is 12.2. The predicted molar refractivity (Wildman–Crippen MR) is 93.7 cm³/mol. The summed E-state index contributed by atoms with van der Waals surface area (Å²) in [6, 6.07) is 15.0. The third-order valence-corrected chi connectivity index (χ3v) is 3.44. The first-order valence-corrected chi connectivity index (χ1v) is 7.69. The van der Waals surface area contributed by atoms with Gasteiger partial charge in [0.15, 0.2) is 0 Å². The van der Waals surface area contributed by atoms with Gasteiger partial charge in [-0.2, -0.15) is 0 Å². The maximum absolute atomic E-state index is 13.0. The van der Waals surface area contributed by atoms with Crippen molar-refractivity contribution in [1.82, 2.24) is 10.3 Å². The Hall–Kier alpha value is -3.39. The summed E-state index contributed by atoms with van der Waals surface area (Å²) in [6.45, 7) is 0.367. The van der Waals surface area contributed by atoms with Gasteiger partial charge in [-0.15, -0.1) is 0 Å². The molecule has 124 valence electrons. The summed E-state index contributed by atoms with van der Waals surface area (Å²) in [4.78, 5) is 16.1. The van der Waals surface area contributed by atoms with E-state index >= 15 is 0 Å². The molecule has 4 nitrogen and oxygen atoms in total. The molecular weight excluding hydrogens is 319 g/mol. The van der Waals surface area contributed by atoms with E-state index in [1.807, 2.05) is 30.3 Å². The van der Waals surface area contributed by atoms with Crippen molar-refractivity contribution in [2.45, 2.75) is 0 Å². The second-order valence-electron chi connectivity index (χ2n) is 5.19. The van der Waals surface area contributed by atoms with Gasteiger partial charge in [0.25, 0.3) is 5.91 Å². The van der Waals surface area contributed by atoms with Crippen molar-refractivity contribution in [3.8, 4) is 17.6 Å². The molecule has 0 fully saturated rings. The van der Waals surface area contributed by atoms with Gasteiger partial charge in [0.2, 0.25) is 0 Å². The molecule has 0 bridgehead atoms. The number of amides is 1. The van der Waals surface area contributed by atoms with E-state index in [1.54, 1.807) is 12.3 Å². The lowest BCUT2D eigenvalue weighted by Crippen LogP contribution is -2.23. The van der Waals surface area contributed by atoms with E-state index in [-0.39, 0.29) is 24.6 Å². The molecule has 0 atom stereocenters. The number of halogens is 1. The molecule has 0 unspecified atom stereocenters. The fourth-order valence-electron chi connectivity index (χ4n) is 2.23. The molecule has 0 saturated carbocycles. The second kappa shape index (κ2) is 7.93. The predicted octanol–water partition coefficient (Wildman–Crippen LogP) is 3.19. The summed E-state index contributed by atoms with van der Waals surface area (Å²) in [5.41, 5.74) is 1.12. The molecule has 3 rings (SSSR count).